The van der Waals surface area contributed by atoms with E-state index in [0.717, 1.165) is 12.0 Å². The molecule has 132 valence electrons. The van der Waals surface area contributed by atoms with Gasteiger partial charge in [0, 0.05) is 50.3 Å². The summed E-state index contributed by atoms with van der Waals surface area (Å²) < 4.78 is 0. The van der Waals surface area contributed by atoms with Crippen LogP contribution in [0.3, 0.4) is 0 Å². The molecule has 0 aliphatic heterocycles. The van der Waals surface area contributed by atoms with Crippen molar-refractivity contribution in [2.45, 2.75) is 39.3 Å². The number of nitrogens with zero attached hydrogens (tertiary/aromatic N) is 4. The molecular formula is C18H23N5O2. The largest absolute Gasteiger partial charge is 0.352 e. The summed E-state index contributed by atoms with van der Waals surface area (Å²) in [5.41, 5.74) is 1.23. The van der Waals surface area contributed by atoms with Crippen molar-refractivity contribution in [3.8, 4) is 0 Å². The zero-order chi connectivity index (χ0) is 18.1. The number of aromatic nitrogens is 3. The number of amides is 2. The second-order valence-corrected chi connectivity index (χ2v) is 5.73. The average molecular weight is 341 g/mol. The van der Waals surface area contributed by atoms with Crippen LogP contribution in [0.4, 0.5) is 0 Å². The normalized spacial score (nSPS) is 11.6. The van der Waals surface area contributed by atoms with Gasteiger partial charge >= 0.3 is 0 Å². The van der Waals surface area contributed by atoms with Crippen molar-refractivity contribution >= 4 is 11.8 Å². The van der Waals surface area contributed by atoms with Crippen LogP contribution in [0.5, 0.6) is 0 Å². The standard InChI is InChI=1S/C18H23N5O2/c1-3-14(2)23(18(25)16-13-20-8-9-21-16)10-6-17(24)22-12-15-5-4-7-19-11-15/h4-5,7-9,11,13-14H,3,6,10,12H2,1-2H3,(H,22,24)/t14-/m1/s1. The van der Waals surface area contributed by atoms with E-state index in [0.29, 0.717) is 18.8 Å². The number of hydrogen-bond acceptors (Lipinski definition) is 5. The molecule has 1 atom stereocenters. The highest BCUT2D eigenvalue weighted by Gasteiger charge is 2.22. The Labute approximate surface area is 147 Å². The molecule has 2 aromatic rings. The molecule has 0 spiro atoms. The van der Waals surface area contributed by atoms with Crippen LogP contribution in [0.25, 0.3) is 0 Å². The molecule has 0 saturated carbocycles. The lowest BCUT2D eigenvalue weighted by molar-refractivity contribution is -0.121. The molecule has 0 radical (unpaired) electrons. The first kappa shape index (κ1) is 18.5. The topological polar surface area (TPSA) is 88.1 Å². The van der Waals surface area contributed by atoms with Gasteiger partial charge in [-0.2, -0.15) is 0 Å². The quantitative estimate of drug-likeness (QED) is 0.791. The van der Waals surface area contributed by atoms with Crippen LogP contribution >= 0.6 is 0 Å². The van der Waals surface area contributed by atoms with Crippen LogP contribution in [-0.2, 0) is 11.3 Å². The highest BCUT2D eigenvalue weighted by molar-refractivity contribution is 5.92. The Balaban J connectivity index is 1.91. The number of nitrogens with one attached hydrogen (secondary N) is 1. The van der Waals surface area contributed by atoms with Crippen LogP contribution in [0.1, 0.15) is 42.7 Å². The number of rotatable bonds is 8. The zero-order valence-electron chi connectivity index (χ0n) is 14.6. The van der Waals surface area contributed by atoms with Gasteiger partial charge in [0.05, 0.1) is 6.20 Å². The molecular weight excluding hydrogens is 318 g/mol. The van der Waals surface area contributed by atoms with Crippen LogP contribution in [0, 0.1) is 0 Å². The summed E-state index contributed by atoms with van der Waals surface area (Å²) in [6.45, 7) is 4.73. The van der Waals surface area contributed by atoms with E-state index in [9.17, 15) is 9.59 Å². The zero-order valence-corrected chi connectivity index (χ0v) is 14.6. The highest BCUT2D eigenvalue weighted by atomic mass is 16.2. The molecule has 2 heterocycles. The molecule has 0 bridgehead atoms. The minimum Gasteiger partial charge on any atom is -0.352 e. The van der Waals surface area contributed by atoms with Crippen molar-refractivity contribution in [1.82, 2.24) is 25.2 Å². The summed E-state index contributed by atoms with van der Waals surface area (Å²) in [5, 5.41) is 2.85. The number of hydrogen-bond donors (Lipinski definition) is 1. The minimum atomic E-state index is -0.206. The summed E-state index contributed by atoms with van der Waals surface area (Å²) in [4.78, 5) is 38.4. The Hall–Kier alpha value is -2.83. The Morgan fingerprint density at radius 2 is 2.00 bits per heavy atom. The van der Waals surface area contributed by atoms with E-state index in [4.69, 9.17) is 0 Å². The molecule has 25 heavy (non-hydrogen) atoms. The average Bonchev–Trinajstić information content (AvgIpc) is 2.67. The third kappa shape index (κ3) is 5.63. The second-order valence-electron chi connectivity index (χ2n) is 5.73. The molecule has 0 aliphatic rings. The maximum atomic E-state index is 12.6. The lowest BCUT2D eigenvalue weighted by Gasteiger charge is -2.28. The SMILES string of the molecule is CC[C@@H](C)N(CCC(=O)NCc1cccnc1)C(=O)c1cnccn1. The van der Waals surface area contributed by atoms with Gasteiger partial charge in [-0.3, -0.25) is 19.6 Å². The molecule has 7 nitrogen and oxygen atoms in total. The second kappa shape index (κ2) is 9.46. The van der Waals surface area contributed by atoms with E-state index >= 15 is 0 Å². The van der Waals surface area contributed by atoms with E-state index in [1.807, 2.05) is 26.0 Å². The summed E-state index contributed by atoms with van der Waals surface area (Å²) >= 11 is 0. The van der Waals surface area contributed by atoms with Crippen molar-refractivity contribution in [1.29, 1.82) is 0 Å². The summed E-state index contributed by atoms with van der Waals surface area (Å²) in [6, 6.07) is 3.74. The molecule has 0 aromatic carbocycles. The first-order chi connectivity index (χ1) is 12.1. The summed E-state index contributed by atoms with van der Waals surface area (Å²) in [7, 11) is 0. The van der Waals surface area contributed by atoms with E-state index in [2.05, 4.69) is 20.3 Å². The fourth-order valence-corrected chi connectivity index (χ4v) is 2.31. The van der Waals surface area contributed by atoms with Crippen LogP contribution in [-0.4, -0.2) is 44.3 Å². The Morgan fingerprint density at radius 3 is 2.64 bits per heavy atom. The van der Waals surface area contributed by atoms with Crippen molar-refractivity contribution < 1.29 is 9.59 Å². The Morgan fingerprint density at radius 1 is 1.20 bits per heavy atom. The third-order valence-corrected chi connectivity index (χ3v) is 3.96. The van der Waals surface area contributed by atoms with Crippen LogP contribution < -0.4 is 5.32 Å². The lowest BCUT2D eigenvalue weighted by atomic mass is 10.2. The van der Waals surface area contributed by atoms with Gasteiger partial charge in [0.25, 0.3) is 5.91 Å². The van der Waals surface area contributed by atoms with Crippen LogP contribution in [0.15, 0.2) is 43.1 Å². The van der Waals surface area contributed by atoms with Gasteiger partial charge in [0.15, 0.2) is 0 Å². The monoisotopic (exact) mass is 341 g/mol. The van der Waals surface area contributed by atoms with Gasteiger partial charge in [-0.25, -0.2) is 4.98 Å². The third-order valence-electron chi connectivity index (χ3n) is 3.96. The fourth-order valence-electron chi connectivity index (χ4n) is 2.31. The van der Waals surface area contributed by atoms with Crippen molar-refractivity contribution in [2.24, 2.45) is 0 Å². The van der Waals surface area contributed by atoms with Gasteiger partial charge in [0.1, 0.15) is 5.69 Å². The lowest BCUT2D eigenvalue weighted by Crippen LogP contribution is -2.41. The molecule has 2 aromatic heterocycles. The van der Waals surface area contributed by atoms with Gasteiger partial charge in [0.2, 0.25) is 5.91 Å². The number of pyridine rings is 1. The van der Waals surface area contributed by atoms with Gasteiger partial charge in [-0.1, -0.05) is 13.0 Å². The van der Waals surface area contributed by atoms with Crippen molar-refractivity contribution in [3.63, 3.8) is 0 Å². The predicted molar refractivity (Wildman–Crippen MR) is 93.5 cm³/mol. The molecule has 2 rings (SSSR count). The molecule has 0 saturated heterocycles. The maximum absolute atomic E-state index is 12.6. The van der Waals surface area contributed by atoms with Crippen molar-refractivity contribution in [2.75, 3.05) is 6.54 Å². The van der Waals surface area contributed by atoms with Gasteiger partial charge in [-0.15, -0.1) is 0 Å². The minimum absolute atomic E-state index is 0.0145. The van der Waals surface area contributed by atoms with Gasteiger partial charge < -0.3 is 10.2 Å². The molecule has 0 aliphatic carbocycles. The molecule has 7 heteroatoms. The predicted octanol–water partition coefficient (Wildman–Crippen LogP) is 1.82. The molecule has 0 fully saturated rings. The van der Waals surface area contributed by atoms with Crippen LogP contribution in [0.2, 0.25) is 0 Å². The number of carbonyl (C=O) groups excluding carboxylic acids is 2. The van der Waals surface area contributed by atoms with Gasteiger partial charge in [-0.05, 0) is 25.0 Å². The van der Waals surface area contributed by atoms with Crippen molar-refractivity contribution in [3.05, 3.63) is 54.4 Å². The van der Waals surface area contributed by atoms with E-state index in [-0.39, 0.29) is 24.3 Å². The number of carbonyl (C=O) groups is 2. The maximum Gasteiger partial charge on any atom is 0.274 e. The van der Waals surface area contributed by atoms with E-state index in [1.54, 1.807) is 17.3 Å². The smallest absolute Gasteiger partial charge is 0.274 e. The Kier molecular flexibility index (Phi) is 7.00. The molecule has 1 N–H and O–H groups in total. The highest BCUT2D eigenvalue weighted by Crippen LogP contribution is 2.09. The Bertz CT molecular complexity index is 678. The molecule has 0 unspecified atom stereocenters. The van der Waals surface area contributed by atoms with E-state index in [1.165, 1.54) is 18.6 Å². The molecule has 2 amide bonds. The van der Waals surface area contributed by atoms with E-state index < -0.39 is 0 Å². The first-order valence-electron chi connectivity index (χ1n) is 8.34. The fraction of sp³-hybridized carbons (Fsp3) is 0.389. The first-order valence-corrected chi connectivity index (χ1v) is 8.34. The summed E-state index contributed by atoms with van der Waals surface area (Å²) in [6.07, 6.45) is 8.88. The summed E-state index contributed by atoms with van der Waals surface area (Å²) in [5.74, 6) is -0.313.